The number of carbonyl (C=O) groups is 1. The number of hydrogen-bond acceptors (Lipinski definition) is 4. The summed E-state index contributed by atoms with van der Waals surface area (Å²) in [4.78, 5) is 25.0. The first-order valence-corrected chi connectivity index (χ1v) is 8.67. The van der Waals surface area contributed by atoms with Crippen LogP contribution in [0, 0.1) is 10.1 Å². The number of rotatable bonds is 6. The van der Waals surface area contributed by atoms with E-state index in [4.69, 9.17) is 4.74 Å². The fraction of sp³-hybridized carbons (Fsp3) is 0.562. The first kappa shape index (κ1) is 17.9. The quantitative estimate of drug-likeness (QED) is 0.552. The lowest BCUT2D eigenvalue weighted by Gasteiger charge is -2.30. The Balaban J connectivity index is 2.19. The van der Waals surface area contributed by atoms with Crippen LogP contribution in [0.2, 0.25) is 0 Å². The molecule has 1 aliphatic rings. The van der Waals surface area contributed by atoms with Gasteiger partial charge in [-0.1, -0.05) is 6.92 Å². The minimum Gasteiger partial charge on any atom is -0.376 e. The molecule has 7 heteroatoms. The third-order valence-corrected chi connectivity index (χ3v) is 4.56. The third kappa shape index (κ3) is 4.75. The molecule has 1 aromatic rings. The van der Waals surface area contributed by atoms with Crippen LogP contribution in [-0.4, -0.2) is 41.5 Å². The van der Waals surface area contributed by atoms with Gasteiger partial charge in [-0.05, 0) is 47.7 Å². The minimum absolute atomic E-state index is 0.0525. The highest BCUT2D eigenvalue weighted by Gasteiger charge is 2.24. The molecule has 0 unspecified atom stereocenters. The first-order valence-electron chi connectivity index (χ1n) is 7.87. The Hall–Kier alpha value is -1.47. The van der Waals surface area contributed by atoms with Crippen LogP contribution in [0.1, 0.15) is 43.0 Å². The minimum atomic E-state index is -0.488. The number of carbonyl (C=O) groups excluding carboxylic acids is 1. The number of nitro groups is 1. The van der Waals surface area contributed by atoms with Gasteiger partial charge in [-0.25, -0.2) is 0 Å². The van der Waals surface area contributed by atoms with Gasteiger partial charge in [0, 0.05) is 36.3 Å². The van der Waals surface area contributed by atoms with E-state index in [9.17, 15) is 14.9 Å². The second-order valence-electron chi connectivity index (χ2n) is 5.66. The highest BCUT2D eigenvalue weighted by Crippen LogP contribution is 2.25. The van der Waals surface area contributed by atoms with Crippen molar-refractivity contribution >= 4 is 27.5 Å². The summed E-state index contributed by atoms with van der Waals surface area (Å²) in [5.41, 5.74) is 0.241. The zero-order valence-corrected chi connectivity index (χ0v) is 14.8. The number of halogens is 1. The van der Waals surface area contributed by atoms with E-state index < -0.39 is 4.92 Å². The summed E-state index contributed by atoms with van der Waals surface area (Å²) >= 11 is 3.32. The molecule has 0 spiro atoms. The van der Waals surface area contributed by atoms with Crippen LogP contribution in [0.15, 0.2) is 22.7 Å². The van der Waals surface area contributed by atoms with Crippen molar-refractivity contribution < 1.29 is 14.5 Å². The SMILES string of the molecule is CCCN(C[C@@H]1CCCCO1)C(=O)c1cc([N+](=O)[O-])ccc1Br. The molecule has 1 aromatic carbocycles. The number of benzene rings is 1. The molecule has 1 heterocycles. The van der Waals surface area contributed by atoms with Gasteiger partial charge in [-0.2, -0.15) is 0 Å². The van der Waals surface area contributed by atoms with Crippen LogP contribution in [0.4, 0.5) is 5.69 Å². The molecule has 1 amide bonds. The Morgan fingerprint density at radius 3 is 2.87 bits per heavy atom. The average Bonchev–Trinajstić information content (AvgIpc) is 2.55. The number of amides is 1. The number of nitrogens with zero attached hydrogens (tertiary/aromatic N) is 2. The van der Waals surface area contributed by atoms with E-state index in [-0.39, 0.29) is 17.7 Å². The molecule has 23 heavy (non-hydrogen) atoms. The van der Waals surface area contributed by atoms with Gasteiger partial charge in [-0.15, -0.1) is 0 Å². The fourth-order valence-electron chi connectivity index (χ4n) is 2.70. The molecule has 0 radical (unpaired) electrons. The Morgan fingerprint density at radius 1 is 1.48 bits per heavy atom. The number of ether oxygens (including phenoxy) is 1. The molecule has 0 aromatic heterocycles. The van der Waals surface area contributed by atoms with Crippen molar-refractivity contribution in [3.63, 3.8) is 0 Å². The Kier molecular flexibility index (Phi) is 6.53. The topological polar surface area (TPSA) is 72.7 Å². The molecule has 0 saturated carbocycles. The molecule has 1 fully saturated rings. The van der Waals surface area contributed by atoms with Gasteiger partial charge in [0.05, 0.1) is 16.6 Å². The van der Waals surface area contributed by atoms with Gasteiger partial charge in [0.2, 0.25) is 0 Å². The van der Waals surface area contributed by atoms with E-state index in [0.29, 0.717) is 23.1 Å². The predicted molar refractivity (Wildman–Crippen MR) is 90.6 cm³/mol. The number of non-ortho nitro benzene ring substituents is 1. The van der Waals surface area contributed by atoms with E-state index in [1.807, 2.05) is 6.92 Å². The molecule has 0 N–H and O–H groups in total. The highest BCUT2D eigenvalue weighted by atomic mass is 79.9. The Morgan fingerprint density at radius 2 is 2.26 bits per heavy atom. The molecular weight excluding hydrogens is 364 g/mol. The molecule has 0 bridgehead atoms. The summed E-state index contributed by atoms with van der Waals surface area (Å²) in [6, 6.07) is 4.26. The van der Waals surface area contributed by atoms with Crippen LogP contribution in [0.5, 0.6) is 0 Å². The molecule has 1 saturated heterocycles. The predicted octanol–water partition coefficient (Wildman–Crippen LogP) is 3.78. The van der Waals surface area contributed by atoms with Crippen molar-refractivity contribution in [2.24, 2.45) is 0 Å². The average molecular weight is 385 g/mol. The van der Waals surface area contributed by atoms with Crippen molar-refractivity contribution in [2.75, 3.05) is 19.7 Å². The van der Waals surface area contributed by atoms with Crippen LogP contribution in [0.3, 0.4) is 0 Å². The standard InChI is InChI=1S/C16H21BrN2O4/c1-2-8-18(11-13-5-3-4-9-23-13)16(20)14-10-12(19(21)22)6-7-15(14)17/h6-7,10,13H,2-5,8-9,11H2,1H3/t13-/m0/s1. The second kappa shape index (κ2) is 8.40. The smallest absolute Gasteiger partial charge is 0.270 e. The van der Waals surface area contributed by atoms with Crippen molar-refractivity contribution in [3.8, 4) is 0 Å². The van der Waals surface area contributed by atoms with Gasteiger partial charge in [0.15, 0.2) is 0 Å². The molecule has 0 aliphatic carbocycles. The molecule has 6 nitrogen and oxygen atoms in total. The van der Waals surface area contributed by atoms with E-state index in [1.165, 1.54) is 12.1 Å². The summed E-state index contributed by atoms with van der Waals surface area (Å²) in [5.74, 6) is -0.198. The summed E-state index contributed by atoms with van der Waals surface area (Å²) in [6.07, 6.45) is 4.00. The van der Waals surface area contributed by atoms with E-state index in [1.54, 1.807) is 11.0 Å². The summed E-state index contributed by atoms with van der Waals surface area (Å²) in [7, 11) is 0. The molecule has 1 atom stereocenters. The van der Waals surface area contributed by atoms with Crippen molar-refractivity contribution in [3.05, 3.63) is 38.3 Å². The molecular formula is C16H21BrN2O4. The lowest BCUT2D eigenvalue weighted by molar-refractivity contribution is -0.384. The van der Waals surface area contributed by atoms with Crippen molar-refractivity contribution in [2.45, 2.75) is 38.7 Å². The monoisotopic (exact) mass is 384 g/mol. The van der Waals surface area contributed by atoms with E-state index in [0.717, 1.165) is 32.3 Å². The van der Waals surface area contributed by atoms with Gasteiger partial charge in [-0.3, -0.25) is 14.9 Å². The second-order valence-corrected chi connectivity index (χ2v) is 6.52. The van der Waals surface area contributed by atoms with Gasteiger partial charge in [0.1, 0.15) is 0 Å². The largest absolute Gasteiger partial charge is 0.376 e. The third-order valence-electron chi connectivity index (χ3n) is 3.87. The van der Waals surface area contributed by atoms with Crippen molar-refractivity contribution in [1.29, 1.82) is 0 Å². The summed E-state index contributed by atoms with van der Waals surface area (Å²) in [5, 5.41) is 10.9. The molecule has 1 aliphatic heterocycles. The van der Waals surface area contributed by atoms with Gasteiger partial charge >= 0.3 is 0 Å². The van der Waals surface area contributed by atoms with Crippen molar-refractivity contribution in [1.82, 2.24) is 4.90 Å². The number of hydrogen-bond donors (Lipinski definition) is 0. The van der Waals surface area contributed by atoms with Gasteiger partial charge in [0.25, 0.3) is 11.6 Å². The molecule has 126 valence electrons. The lowest BCUT2D eigenvalue weighted by Crippen LogP contribution is -2.40. The van der Waals surface area contributed by atoms with E-state index >= 15 is 0 Å². The molecule has 2 rings (SSSR count). The number of nitro benzene ring substituents is 1. The van der Waals surface area contributed by atoms with Crippen LogP contribution in [-0.2, 0) is 4.74 Å². The maximum Gasteiger partial charge on any atom is 0.270 e. The summed E-state index contributed by atoms with van der Waals surface area (Å²) < 4.78 is 6.29. The zero-order valence-electron chi connectivity index (χ0n) is 13.2. The summed E-state index contributed by atoms with van der Waals surface area (Å²) in [6.45, 7) is 3.87. The van der Waals surface area contributed by atoms with Crippen LogP contribution < -0.4 is 0 Å². The highest BCUT2D eigenvalue weighted by molar-refractivity contribution is 9.10. The normalized spacial score (nSPS) is 17.7. The first-order chi connectivity index (χ1) is 11.0. The lowest BCUT2D eigenvalue weighted by atomic mass is 10.1. The maximum atomic E-state index is 12.8. The van der Waals surface area contributed by atoms with E-state index in [2.05, 4.69) is 15.9 Å². The maximum absolute atomic E-state index is 12.8. The fourth-order valence-corrected chi connectivity index (χ4v) is 3.12. The Bertz CT molecular complexity index is 573. The van der Waals surface area contributed by atoms with Crippen LogP contribution in [0.25, 0.3) is 0 Å². The van der Waals surface area contributed by atoms with Crippen LogP contribution >= 0.6 is 15.9 Å². The Labute approximate surface area is 144 Å². The van der Waals surface area contributed by atoms with Gasteiger partial charge < -0.3 is 9.64 Å². The zero-order chi connectivity index (χ0) is 16.8.